The highest BCUT2D eigenvalue weighted by Gasteiger charge is 2.62. The molecule has 1 aromatic carbocycles. The van der Waals surface area contributed by atoms with Crippen LogP contribution in [0.25, 0.3) is 0 Å². The quantitative estimate of drug-likeness (QED) is 0.298. The molecular formula is C44H64O3. The predicted molar refractivity (Wildman–Crippen MR) is 191 cm³/mol. The van der Waals surface area contributed by atoms with E-state index in [1.165, 1.54) is 63.4 Å². The highest BCUT2D eigenvalue weighted by atomic mass is 16.5. The third-order valence-corrected chi connectivity index (χ3v) is 16.5. The molecule has 4 fully saturated rings. The van der Waals surface area contributed by atoms with Crippen molar-refractivity contribution in [2.24, 2.45) is 57.7 Å². The SMILES string of the molecule is CC(=O)C[C@H](C)O[C@H]([C@@H](C)[C@H]1CC[C@H]2[C@@H]3CCC4=CC(=O)CC[C@]4(C)[C@H]3CC[C@]12C)[C@@H]1CC[C@@]2(C)c3ccccc3CC[C@@H]2C1(C)C. The van der Waals surface area contributed by atoms with Crippen molar-refractivity contribution in [2.45, 2.75) is 156 Å². The lowest BCUT2D eigenvalue weighted by Gasteiger charge is -2.61. The number of Topliss-reactive ketones (excluding diaryl/α,β-unsaturated/α-hetero) is 1. The Morgan fingerprint density at radius 3 is 2.36 bits per heavy atom. The van der Waals surface area contributed by atoms with Gasteiger partial charge in [0, 0.05) is 12.8 Å². The van der Waals surface area contributed by atoms with Gasteiger partial charge < -0.3 is 4.74 Å². The van der Waals surface area contributed by atoms with Gasteiger partial charge in [-0.2, -0.15) is 0 Å². The maximum Gasteiger partial charge on any atom is 0.155 e. The second kappa shape index (κ2) is 11.9. The van der Waals surface area contributed by atoms with Gasteiger partial charge in [-0.05, 0) is 165 Å². The molecule has 0 aromatic heterocycles. The van der Waals surface area contributed by atoms with Gasteiger partial charge in [0.05, 0.1) is 12.2 Å². The van der Waals surface area contributed by atoms with Crippen molar-refractivity contribution in [3.05, 3.63) is 47.0 Å². The van der Waals surface area contributed by atoms with Crippen LogP contribution in [-0.4, -0.2) is 23.8 Å². The molecule has 0 bridgehead atoms. The summed E-state index contributed by atoms with van der Waals surface area (Å²) in [7, 11) is 0. The number of hydrogen-bond donors (Lipinski definition) is 0. The van der Waals surface area contributed by atoms with Gasteiger partial charge in [-0.15, -0.1) is 0 Å². The highest BCUT2D eigenvalue weighted by Crippen LogP contribution is 2.69. The molecule has 7 rings (SSSR count). The molecule has 0 spiro atoms. The molecule has 0 radical (unpaired) electrons. The third-order valence-electron chi connectivity index (χ3n) is 16.5. The molecule has 0 N–H and O–H groups in total. The van der Waals surface area contributed by atoms with Crippen molar-refractivity contribution in [1.82, 2.24) is 0 Å². The summed E-state index contributed by atoms with van der Waals surface area (Å²) in [5.74, 6) is 5.10. The number of carbonyl (C=O) groups excluding carboxylic acids is 2. The van der Waals surface area contributed by atoms with Crippen LogP contribution in [0.4, 0.5) is 0 Å². The number of carbonyl (C=O) groups is 2. The fraction of sp³-hybridized carbons (Fsp3) is 0.773. The van der Waals surface area contributed by atoms with Gasteiger partial charge in [-0.1, -0.05) is 71.4 Å². The van der Waals surface area contributed by atoms with E-state index in [-0.39, 0.29) is 34.2 Å². The highest BCUT2D eigenvalue weighted by molar-refractivity contribution is 5.91. The molecule has 0 unspecified atom stereocenters. The topological polar surface area (TPSA) is 43.4 Å². The third kappa shape index (κ3) is 5.29. The van der Waals surface area contributed by atoms with Gasteiger partial charge in [0.15, 0.2) is 5.78 Å². The molecule has 0 saturated heterocycles. The van der Waals surface area contributed by atoms with Crippen LogP contribution in [0, 0.1) is 57.7 Å². The summed E-state index contributed by atoms with van der Waals surface area (Å²) in [6.45, 7) is 19.4. The van der Waals surface area contributed by atoms with Gasteiger partial charge in [0.25, 0.3) is 0 Å². The minimum Gasteiger partial charge on any atom is -0.374 e. The lowest BCUT2D eigenvalue weighted by atomic mass is 9.45. The first-order chi connectivity index (χ1) is 22.2. The van der Waals surface area contributed by atoms with E-state index < -0.39 is 0 Å². The fourth-order valence-electron chi connectivity index (χ4n) is 14.3. The second-order valence-corrected chi connectivity index (χ2v) is 19.0. The number of rotatable bonds is 7. The standard InChI is InChI=1S/C44H64O3/c1-27(45)25-28(2)47-40(38-21-24-44(8)35-12-10-9-11-30(35)13-18-39(44)41(38,4)5)29(3)34-16-17-36-33-15-14-31-26-32(46)19-22-42(31,6)37(33)20-23-43(34,36)7/h9-12,26,28-29,33-34,36-40H,13-25H2,1-8H3/t28-,29-,33-,34+,36-,37-,38-,39+,40+,42-,43+,44-/m0/s1. The van der Waals surface area contributed by atoms with Crippen LogP contribution in [0.15, 0.2) is 35.9 Å². The molecular weight excluding hydrogens is 576 g/mol. The lowest BCUT2D eigenvalue weighted by Crippen LogP contribution is -2.57. The minimum absolute atomic E-state index is 0.0469. The largest absolute Gasteiger partial charge is 0.374 e. The normalized spacial score (nSPS) is 42.5. The van der Waals surface area contributed by atoms with Gasteiger partial charge >= 0.3 is 0 Å². The lowest BCUT2D eigenvalue weighted by molar-refractivity contribution is -0.156. The Balaban J connectivity index is 1.18. The van der Waals surface area contributed by atoms with Gasteiger partial charge in [0.1, 0.15) is 5.78 Å². The first kappa shape index (κ1) is 33.7. The van der Waals surface area contributed by atoms with E-state index in [9.17, 15) is 9.59 Å². The van der Waals surface area contributed by atoms with Crippen LogP contribution in [-0.2, 0) is 26.2 Å². The van der Waals surface area contributed by atoms with Crippen LogP contribution in [0.1, 0.15) is 144 Å². The van der Waals surface area contributed by atoms with Crippen LogP contribution >= 0.6 is 0 Å². The summed E-state index contributed by atoms with van der Waals surface area (Å²) in [4.78, 5) is 24.7. The van der Waals surface area contributed by atoms with E-state index in [0.717, 1.165) is 37.0 Å². The molecule has 0 aliphatic heterocycles. The molecule has 3 heteroatoms. The van der Waals surface area contributed by atoms with Crippen molar-refractivity contribution in [3.8, 4) is 0 Å². The average Bonchev–Trinajstić information content (AvgIpc) is 3.37. The number of ether oxygens (including phenoxy) is 1. The summed E-state index contributed by atoms with van der Waals surface area (Å²) in [5, 5.41) is 0. The number of aryl methyl sites for hydroxylation is 1. The maximum atomic E-state index is 12.4. The molecule has 1 aromatic rings. The smallest absolute Gasteiger partial charge is 0.155 e. The molecule has 3 nitrogen and oxygen atoms in total. The molecule has 47 heavy (non-hydrogen) atoms. The monoisotopic (exact) mass is 640 g/mol. The minimum atomic E-state index is -0.0469. The van der Waals surface area contributed by atoms with E-state index in [2.05, 4.69) is 78.8 Å². The summed E-state index contributed by atoms with van der Waals surface area (Å²) in [6, 6.07) is 9.28. The molecule has 12 atom stereocenters. The Morgan fingerprint density at radius 2 is 1.60 bits per heavy atom. The number of fused-ring (bicyclic) bond motifs is 8. The zero-order valence-corrected chi connectivity index (χ0v) is 31.0. The molecule has 0 heterocycles. The molecule has 258 valence electrons. The fourth-order valence-corrected chi connectivity index (χ4v) is 14.3. The van der Waals surface area contributed by atoms with E-state index >= 15 is 0 Å². The molecule has 6 aliphatic carbocycles. The van der Waals surface area contributed by atoms with Gasteiger partial charge in [-0.25, -0.2) is 0 Å². The number of ketones is 2. The van der Waals surface area contributed by atoms with Crippen molar-refractivity contribution in [1.29, 1.82) is 0 Å². The Morgan fingerprint density at radius 1 is 0.830 bits per heavy atom. The summed E-state index contributed by atoms with van der Waals surface area (Å²) >= 11 is 0. The van der Waals surface area contributed by atoms with E-state index in [4.69, 9.17) is 4.74 Å². The molecule has 4 saturated carbocycles. The van der Waals surface area contributed by atoms with Crippen molar-refractivity contribution in [2.75, 3.05) is 0 Å². The van der Waals surface area contributed by atoms with Crippen LogP contribution in [0.5, 0.6) is 0 Å². The molecule has 0 amide bonds. The maximum absolute atomic E-state index is 12.4. The summed E-state index contributed by atoms with van der Waals surface area (Å²) in [6.07, 6.45) is 17.0. The zero-order valence-electron chi connectivity index (χ0n) is 31.0. The number of benzene rings is 1. The van der Waals surface area contributed by atoms with Gasteiger partial charge in [0.2, 0.25) is 0 Å². The Kier molecular flexibility index (Phi) is 8.58. The van der Waals surface area contributed by atoms with E-state index in [1.807, 2.05) is 0 Å². The Bertz CT molecular complexity index is 1420. The average molecular weight is 641 g/mol. The van der Waals surface area contributed by atoms with Gasteiger partial charge in [-0.3, -0.25) is 9.59 Å². The Labute approximate surface area is 286 Å². The van der Waals surface area contributed by atoms with Crippen LogP contribution < -0.4 is 0 Å². The first-order valence-corrected chi connectivity index (χ1v) is 19.7. The predicted octanol–water partition coefficient (Wildman–Crippen LogP) is 10.5. The summed E-state index contributed by atoms with van der Waals surface area (Å²) < 4.78 is 7.26. The second-order valence-electron chi connectivity index (χ2n) is 19.0. The molecule has 6 aliphatic rings. The van der Waals surface area contributed by atoms with Crippen molar-refractivity contribution < 1.29 is 14.3 Å². The van der Waals surface area contributed by atoms with E-state index in [0.29, 0.717) is 41.3 Å². The van der Waals surface area contributed by atoms with Crippen LogP contribution in [0.3, 0.4) is 0 Å². The van der Waals surface area contributed by atoms with Crippen molar-refractivity contribution >= 4 is 11.6 Å². The number of allylic oxidation sites excluding steroid dienone is 1. The van der Waals surface area contributed by atoms with Crippen LogP contribution in [0.2, 0.25) is 0 Å². The van der Waals surface area contributed by atoms with Crippen molar-refractivity contribution in [3.63, 3.8) is 0 Å². The first-order valence-electron chi connectivity index (χ1n) is 19.7. The number of hydrogen-bond acceptors (Lipinski definition) is 3. The zero-order chi connectivity index (χ0) is 33.5. The Hall–Kier alpha value is -1.74. The van der Waals surface area contributed by atoms with E-state index in [1.54, 1.807) is 18.1 Å². The summed E-state index contributed by atoms with van der Waals surface area (Å²) in [5.41, 5.74) is 5.57.